The average Bonchev–Trinajstić information content (AvgIpc) is 2.36. The van der Waals surface area contributed by atoms with Crippen molar-refractivity contribution in [1.29, 1.82) is 0 Å². The zero-order valence-corrected chi connectivity index (χ0v) is 12.2. The molecule has 1 atom stereocenters. The van der Waals surface area contributed by atoms with Crippen molar-refractivity contribution in [1.82, 2.24) is 4.98 Å². The third-order valence-corrected chi connectivity index (χ3v) is 3.21. The van der Waals surface area contributed by atoms with E-state index in [1.54, 1.807) is 0 Å². The van der Waals surface area contributed by atoms with Gasteiger partial charge in [0, 0.05) is 11.7 Å². The lowest BCUT2D eigenvalue weighted by molar-refractivity contribution is 0.313. The standard InChI is InChI=1S/C14H22N2OS/c1-4-8-17-13(18)12-7-6-11(10-16-12)9-14(3,15)5-2/h6-7,10H,4-5,8-9,15H2,1-3H3. The summed E-state index contributed by atoms with van der Waals surface area (Å²) in [6.07, 6.45) is 4.53. The van der Waals surface area contributed by atoms with E-state index in [9.17, 15) is 0 Å². The largest absolute Gasteiger partial charge is 0.482 e. The number of hydrogen-bond donors (Lipinski definition) is 1. The van der Waals surface area contributed by atoms with E-state index in [-0.39, 0.29) is 5.54 Å². The van der Waals surface area contributed by atoms with Crippen molar-refractivity contribution in [3.63, 3.8) is 0 Å². The molecule has 1 aromatic heterocycles. The van der Waals surface area contributed by atoms with Gasteiger partial charge in [-0.25, -0.2) is 0 Å². The Hall–Kier alpha value is -1.00. The van der Waals surface area contributed by atoms with E-state index in [1.165, 1.54) is 0 Å². The molecule has 1 rings (SSSR count). The third kappa shape index (κ3) is 4.70. The molecule has 2 N–H and O–H groups in total. The number of ether oxygens (including phenoxy) is 1. The summed E-state index contributed by atoms with van der Waals surface area (Å²) in [5.41, 5.74) is 7.80. The molecule has 0 aliphatic rings. The Morgan fingerprint density at radius 1 is 1.44 bits per heavy atom. The van der Waals surface area contributed by atoms with Gasteiger partial charge in [0.05, 0.1) is 6.61 Å². The van der Waals surface area contributed by atoms with Crippen LogP contribution in [-0.4, -0.2) is 22.2 Å². The summed E-state index contributed by atoms with van der Waals surface area (Å²) >= 11 is 5.15. The maximum absolute atomic E-state index is 6.13. The van der Waals surface area contributed by atoms with Gasteiger partial charge in [-0.3, -0.25) is 4.98 Å². The Morgan fingerprint density at radius 3 is 2.67 bits per heavy atom. The highest BCUT2D eigenvalue weighted by molar-refractivity contribution is 7.80. The van der Waals surface area contributed by atoms with Gasteiger partial charge in [-0.2, -0.15) is 0 Å². The fraction of sp³-hybridized carbons (Fsp3) is 0.571. The number of aromatic nitrogens is 1. The predicted octanol–water partition coefficient (Wildman–Crippen LogP) is 2.85. The second-order valence-electron chi connectivity index (χ2n) is 4.87. The normalized spacial score (nSPS) is 14.0. The van der Waals surface area contributed by atoms with Crippen LogP contribution >= 0.6 is 12.2 Å². The van der Waals surface area contributed by atoms with Gasteiger partial charge in [0.25, 0.3) is 0 Å². The van der Waals surface area contributed by atoms with Crippen molar-refractivity contribution >= 4 is 17.3 Å². The van der Waals surface area contributed by atoms with Crippen molar-refractivity contribution in [3.05, 3.63) is 29.6 Å². The SMILES string of the molecule is CCCOC(=S)c1ccc(CC(C)(N)CC)cn1. The van der Waals surface area contributed by atoms with Gasteiger partial charge in [-0.1, -0.05) is 19.9 Å². The molecule has 1 heterocycles. The van der Waals surface area contributed by atoms with Gasteiger partial charge in [0.15, 0.2) is 0 Å². The van der Waals surface area contributed by atoms with E-state index < -0.39 is 0 Å². The van der Waals surface area contributed by atoms with Gasteiger partial charge in [-0.15, -0.1) is 0 Å². The van der Waals surface area contributed by atoms with Crippen LogP contribution in [0.5, 0.6) is 0 Å². The molecule has 1 aromatic rings. The molecule has 4 heteroatoms. The highest BCUT2D eigenvalue weighted by Crippen LogP contribution is 2.14. The topological polar surface area (TPSA) is 48.1 Å². The van der Waals surface area contributed by atoms with Gasteiger partial charge in [-0.05, 0) is 50.0 Å². The number of rotatable bonds is 6. The molecule has 0 amide bonds. The molecule has 0 aromatic carbocycles. The lowest BCUT2D eigenvalue weighted by atomic mass is 9.92. The fourth-order valence-corrected chi connectivity index (χ4v) is 1.71. The van der Waals surface area contributed by atoms with Crippen LogP contribution in [0.4, 0.5) is 0 Å². The van der Waals surface area contributed by atoms with E-state index in [4.69, 9.17) is 22.7 Å². The molecule has 18 heavy (non-hydrogen) atoms. The molecule has 100 valence electrons. The molecular weight excluding hydrogens is 244 g/mol. The molecule has 1 unspecified atom stereocenters. The fourth-order valence-electron chi connectivity index (χ4n) is 1.51. The van der Waals surface area contributed by atoms with Crippen molar-refractivity contribution in [2.24, 2.45) is 5.73 Å². The Bertz CT molecular complexity index is 387. The minimum atomic E-state index is -0.178. The van der Waals surface area contributed by atoms with E-state index in [0.29, 0.717) is 11.7 Å². The summed E-state index contributed by atoms with van der Waals surface area (Å²) in [5, 5.41) is 0.467. The Morgan fingerprint density at radius 2 is 2.17 bits per heavy atom. The van der Waals surface area contributed by atoms with Crippen molar-refractivity contribution in [3.8, 4) is 0 Å². The Labute approximate surface area is 115 Å². The van der Waals surface area contributed by atoms with E-state index >= 15 is 0 Å². The Balaban J connectivity index is 2.65. The quantitative estimate of drug-likeness (QED) is 0.804. The molecule has 0 saturated carbocycles. The van der Waals surface area contributed by atoms with Crippen LogP contribution in [0.1, 0.15) is 44.9 Å². The maximum Gasteiger partial charge on any atom is 0.210 e. The summed E-state index contributed by atoms with van der Waals surface area (Å²) in [7, 11) is 0. The lowest BCUT2D eigenvalue weighted by Crippen LogP contribution is -2.37. The number of thiocarbonyl (C=S) groups is 1. The van der Waals surface area contributed by atoms with Gasteiger partial charge in [0.1, 0.15) is 5.69 Å². The van der Waals surface area contributed by atoms with Crippen LogP contribution in [0, 0.1) is 0 Å². The minimum Gasteiger partial charge on any atom is -0.482 e. The van der Waals surface area contributed by atoms with Gasteiger partial charge >= 0.3 is 0 Å². The molecule has 0 aliphatic carbocycles. The average molecular weight is 266 g/mol. The summed E-state index contributed by atoms with van der Waals surface area (Å²) in [4.78, 5) is 4.33. The van der Waals surface area contributed by atoms with Crippen LogP contribution in [-0.2, 0) is 11.2 Å². The molecule has 3 nitrogen and oxygen atoms in total. The first-order valence-electron chi connectivity index (χ1n) is 6.39. The van der Waals surface area contributed by atoms with Crippen molar-refractivity contribution < 1.29 is 4.74 Å². The van der Waals surface area contributed by atoms with Crippen LogP contribution < -0.4 is 5.73 Å². The molecular formula is C14H22N2OS. The summed E-state index contributed by atoms with van der Waals surface area (Å²) in [6, 6.07) is 3.92. The Kier molecular flexibility index (Phi) is 5.69. The third-order valence-electron chi connectivity index (χ3n) is 2.89. The number of nitrogens with zero attached hydrogens (tertiary/aromatic N) is 1. The van der Waals surface area contributed by atoms with Crippen LogP contribution in [0.25, 0.3) is 0 Å². The van der Waals surface area contributed by atoms with E-state index in [1.807, 2.05) is 25.3 Å². The maximum atomic E-state index is 6.13. The van der Waals surface area contributed by atoms with Gasteiger partial charge in [0.2, 0.25) is 5.05 Å². The summed E-state index contributed by atoms with van der Waals surface area (Å²) in [6.45, 7) is 6.83. The van der Waals surface area contributed by atoms with Crippen LogP contribution in [0.15, 0.2) is 18.3 Å². The smallest absolute Gasteiger partial charge is 0.210 e. The minimum absolute atomic E-state index is 0.178. The molecule has 0 saturated heterocycles. The predicted molar refractivity (Wildman–Crippen MR) is 78.8 cm³/mol. The van der Waals surface area contributed by atoms with E-state index in [0.717, 1.165) is 30.5 Å². The first-order chi connectivity index (χ1) is 8.48. The number of pyridine rings is 1. The number of hydrogen-bond acceptors (Lipinski definition) is 4. The number of nitrogens with two attached hydrogens (primary N) is 1. The second-order valence-corrected chi connectivity index (χ2v) is 5.24. The van der Waals surface area contributed by atoms with Gasteiger partial charge < -0.3 is 10.5 Å². The molecule has 0 fully saturated rings. The molecule has 0 bridgehead atoms. The molecule has 0 aliphatic heterocycles. The zero-order chi connectivity index (χ0) is 13.6. The second kappa shape index (κ2) is 6.81. The first kappa shape index (κ1) is 15.1. The zero-order valence-electron chi connectivity index (χ0n) is 11.4. The molecule has 0 spiro atoms. The highest BCUT2D eigenvalue weighted by Gasteiger charge is 2.16. The first-order valence-corrected chi connectivity index (χ1v) is 6.80. The van der Waals surface area contributed by atoms with E-state index in [2.05, 4.69) is 18.8 Å². The van der Waals surface area contributed by atoms with Crippen LogP contribution in [0.3, 0.4) is 0 Å². The molecule has 0 radical (unpaired) electrons. The summed E-state index contributed by atoms with van der Waals surface area (Å²) in [5.74, 6) is 0. The lowest BCUT2D eigenvalue weighted by Gasteiger charge is -2.22. The van der Waals surface area contributed by atoms with Crippen molar-refractivity contribution in [2.75, 3.05) is 6.61 Å². The summed E-state index contributed by atoms with van der Waals surface area (Å²) < 4.78 is 5.38. The highest BCUT2D eigenvalue weighted by atomic mass is 32.1. The van der Waals surface area contributed by atoms with Crippen LogP contribution in [0.2, 0.25) is 0 Å². The monoisotopic (exact) mass is 266 g/mol. The van der Waals surface area contributed by atoms with Crippen molar-refractivity contribution in [2.45, 2.75) is 45.6 Å².